The molecule has 0 fully saturated rings. The summed E-state index contributed by atoms with van der Waals surface area (Å²) in [7, 11) is 1.75. The molecule has 3 rings (SSSR count). The predicted octanol–water partition coefficient (Wildman–Crippen LogP) is 1.08. The lowest BCUT2D eigenvalue weighted by Crippen LogP contribution is -3.11. The Hall–Kier alpha value is -3.13. The molecule has 1 atom stereocenters. The molecule has 0 bridgehead atoms. The first kappa shape index (κ1) is 19.6. The number of likely N-dealkylation sites (N-methyl/N-ethyl adjacent to an activating group) is 1. The first-order chi connectivity index (χ1) is 13.5. The molecule has 0 saturated carbocycles. The van der Waals surface area contributed by atoms with E-state index in [1.807, 2.05) is 0 Å². The van der Waals surface area contributed by atoms with Crippen molar-refractivity contribution in [2.75, 3.05) is 44.0 Å². The van der Waals surface area contributed by atoms with Crippen molar-refractivity contribution >= 4 is 23.2 Å². The van der Waals surface area contributed by atoms with Crippen molar-refractivity contribution in [2.45, 2.75) is 6.42 Å². The Kier molecular flexibility index (Phi) is 6.44. The quantitative estimate of drug-likeness (QED) is 0.692. The molecule has 1 unspecified atom stereocenters. The highest BCUT2D eigenvalue weighted by Gasteiger charge is 2.16. The van der Waals surface area contributed by atoms with Gasteiger partial charge in [-0.3, -0.25) is 9.59 Å². The maximum Gasteiger partial charge on any atom is 0.279 e. The SMILES string of the molecule is C[NH+](CC(=O)Nc1ccc(F)cc1)CC(=O)Nc1ccc2c(c1)OCCCO2. The van der Waals surface area contributed by atoms with Crippen LogP contribution in [0, 0.1) is 5.82 Å². The third kappa shape index (κ3) is 5.68. The monoisotopic (exact) mass is 388 g/mol. The van der Waals surface area contributed by atoms with Gasteiger partial charge in [0, 0.05) is 23.9 Å². The van der Waals surface area contributed by atoms with Crippen molar-refractivity contribution in [3.63, 3.8) is 0 Å². The molecule has 28 heavy (non-hydrogen) atoms. The summed E-state index contributed by atoms with van der Waals surface area (Å²) in [6, 6.07) is 10.8. The average molecular weight is 388 g/mol. The zero-order valence-electron chi connectivity index (χ0n) is 15.6. The van der Waals surface area contributed by atoms with E-state index in [1.54, 1.807) is 25.2 Å². The lowest BCUT2D eigenvalue weighted by molar-refractivity contribution is -0.862. The van der Waals surface area contributed by atoms with Crippen molar-refractivity contribution in [3.8, 4) is 11.5 Å². The van der Waals surface area contributed by atoms with E-state index in [0.29, 0.717) is 41.0 Å². The Morgan fingerprint density at radius 2 is 1.50 bits per heavy atom. The highest BCUT2D eigenvalue weighted by molar-refractivity contribution is 5.93. The molecule has 2 amide bonds. The van der Waals surface area contributed by atoms with Gasteiger partial charge in [0.15, 0.2) is 24.6 Å². The zero-order valence-corrected chi connectivity index (χ0v) is 15.6. The molecule has 0 saturated heterocycles. The van der Waals surface area contributed by atoms with Crippen LogP contribution in [0.15, 0.2) is 42.5 Å². The number of rotatable bonds is 6. The van der Waals surface area contributed by atoms with E-state index in [2.05, 4.69) is 10.6 Å². The fourth-order valence-electron chi connectivity index (χ4n) is 2.80. The number of carbonyl (C=O) groups is 2. The van der Waals surface area contributed by atoms with Gasteiger partial charge >= 0.3 is 0 Å². The van der Waals surface area contributed by atoms with Gasteiger partial charge in [-0.2, -0.15) is 0 Å². The van der Waals surface area contributed by atoms with Crippen LogP contribution in [0.25, 0.3) is 0 Å². The third-order valence-electron chi connectivity index (χ3n) is 4.08. The number of hydrogen-bond acceptors (Lipinski definition) is 4. The number of ether oxygens (including phenoxy) is 2. The second-order valence-electron chi connectivity index (χ2n) is 6.63. The molecular formula is C20H23FN3O4+. The molecule has 1 heterocycles. The zero-order chi connectivity index (χ0) is 19.9. The second kappa shape index (κ2) is 9.18. The number of amides is 2. The fourth-order valence-corrected chi connectivity index (χ4v) is 2.80. The molecule has 8 heteroatoms. The van der Waals surface area contributed by atoms with Gasteiger partial charge in [-0.25, -0.2) is 4.39 Å². The molecule has 2 aromatic rings. The number of fused-ring (bicyclic) bond motifs is 1. The molecule has 3 N–H and O–H groups in total. The van der Waals surface area contributed by atoms with Crippen molar-refractivity contribution in [3.05, 3.63) is 48.3 Å². The van der Waals surface area contributed by atoms with E-state index >= 15 is 0 Å². The van der Waals surface area contributed by atoms with E-state index < -0.39 is 0 Å². The molecule has 0 aromatic heterocycles. The van der Waals surface area contributed by atoms with Crippen molar-refractivity contribution in [1.82, 2.24) is 0 Å². The number of halogens is 1. The first-order valence-corrected chi connectivity index (χ1v) is 9.06. The van der Waals surface area contributed by atoms with Gasteiger partial charge in [0.2, 0.25) is 0 Å². The Morgan fingerprint density at radius 3 is 2.18 bits per heavy atom. The van der Waals surface area contributed by atoms with Crippen LogP contribution in [0.5, 0.6) is 11.5 Å². The average Bonchev–Trinajstić information content (AvgIpc) is 2.88. The van der Waals surface area contributed by atoms with E-state index in [0.717, 1.165) is 6.42 Å². The highest BCUT2D eigenvalue weighted by Crippen LogP contribution is 2.32. The Morgan fingerprint density at radius 1 is 0.929 bits per heavy atom. The van der Waals surface area contributed by atoms with Crippen LogP contribution >= 0.6 is 0 Å². The van der Waals surface area contributed by atoms with Gasteiger partial charge in [0.1, 0.15) is 5.82 Å². The molecular weight excluding hydrogens is 365 g/mol. The predicted molar refractivity (Wildman–Crippen MR) is 102 cm³/mol. The molecule has 0 spiro atoms. The number of quaternary nitrogens is 1. The fraction of sp³-hybridized carbons (Fsp3) is 0.300. The van der Waals surface area contributed by atoms with Crippen LogP contribution in [-0.4, -0.2) is 45.2 Å². The van der Waals surface area contributed by atoms with Gasteiger partial charge in [0.25, 0.3) is 11.8 Å². The lowest BCUT2D eigenvalue weighted by atomic mass is 10.2. The minimum Gasteiger partial charge on any atom is -0.490 e. The van der Waals surface area contributed by atoms with E-state index in [1.165, 1.54) is 24.3 Å². The van der Waals surface area contributed by atoms with Crippen molar-refractivity contribution < 1.29 is 28.4 Å². The lowest BCUT2D eigenvalue weighted by Gasteiger charge is -2.14. The van der Waals surface area contributed by atoms with Crippen LogP contribution in [-0.2, 0) is 9.59 Å². The van der Waals surface area contributed by atoms with Crippen LogP contribution < -0.4 is 25.0 Å². The first-order valence-electron chi connectivity index (χ1n) is 9.06. The van der Waals surface area contributed by atoms with Crippen LogP contribution in [0.4, 0.5) is 15.8 Å². The van der Waals surface area contributed by atoms with Gasteiger partial charge in [-0.1, -0.05) is 0 Å². The smallest absolute Gasteiger partial charge is 0.279 e. The van der Waals surface area contributed by atoms with Crippen LogP contribution in [0.3, 0.4) is 0 Å². The van der Waals surface area contributed by atoms with E-state index in [-0.39, 0.29) is 30.7 Å². The normalized spacial score (nSPS) is 13.9. The van der Waals surface area contributed by atoms with Gasteiger partial charge in [0.05, 0.1) is 20.3 Å². The topological polar surface area (TPSA) is 81.1 Å². The molecule has 1 aliphatic rings. The molecule has 0 radical (unpaired) electrons. The third-order valence-corrected chi connectivity index (χ3v) is 4.08. The summed E-state index contributed by atoms with van der Waals surface area (Å²) in [6.07, 6.45) is 0.810. The number of carbonyl (C=O) groups excluding carboxylic acids is 2. The van der Waals surface area contributed by atoms with Crippen LogP contribution in [0.2, 0.25) is 0 Å². The van der Waals surface area contributed by atoms with E-state index in [9.17, 15) is 14.0 Å². The standard InChI is InChI=1S/C20H22FN3O4/c1-24(12-19(25)22-15-5-3-14(21)4-6-15)13-20(26)23-16-7-8-17-18(11-16)28-10-2-9-27-17/h3-8,11H,2,9-10,12-13H2,1H3,(H,22,25)(H,23,26)/p+1. The summed E-state index contributed by atoms with van der Waals surface area (Å²) >= 11 is 0. The summed E-state index contributed by atoms with van der Waals surface area (Å²) in [5, 5.41) is 5.48. The van der Waals surface area contributed by atoms with Gasteiger partial charge in [-0.15, -0.1) is 0 Å². The minimum atomic E-state index is -0.368. The molecule has 1 aliphatic heterocycles. The summed E-state index contributed by atoms with van der Waals surface area (Å²) in [5.74, 6) is 0.423. The largest absolute Gasteiger partial charge is 0.490 e. The highest BCUT2D eigenvalue weighted by atomic mass is 19.1. The number of nitrogens with one attached hydrogen (secondary N) is 3. The van der Waals surface area contributed by atoms with Crippen molar-refractivity contribution in [1.29, 1.82) is 0 Å². The van der Waals surface area contributed by atoms with E-state index in [4.69, 9.17) is 9.47 Å². The van der Waals surface area contributed by atoms with Crippen LogP contribution in [0.1, 0.15) is 6.42 Å². The Labute approximate surface area is 162 Å². The second-order valence-corrected chi connectivity index (χ2v) is 6.63. The summed E-state index contributed by atoms with van der Waals surface area (Å²) in [6.45, 7) is 1.39. The number of hydrogen-bond donors (Lipinski definition) is 3. The van der Waals surface area contributed by atoms with Crippen molar-refractivity contribution in [2.24, 2.45) is 0 Å². The molecule has 148 valence electrons. The molecule has 7 nitrogen and oxygen atoms in total. The van der Waals surface area contributed by atoms with Gasteiger partial charge in [-0.05, 0) is 36.4 Å². The maximum atomic E-state index is 12.9. The molecule has 0 aliphatic carbocycles. The summed E-state index contributed by atoms with van der Waals surface area (Å²) < 4.78 is 24.1. The Balaban J connectivity index is 1.48. The molecule has 2 aromatic carbocycles. The maximum absolute atomic E-state index is 12.9. The summed E-state index contributed by atoms with van der Waals surface area (Å²) in [5.41, 5.74) is 1.12. The number of anilines is 2. The van der Waals surface area contributed by atoms with Gasteiger partial charge < -0.3 is 25.0 Å². The summed E-state index contributed by atoms with van der Waals surface area (Å²) in [4.78, 5) is 25.0. The Bertz CT molecular complexity index is 842. The number of benzene rings is 2. The minimum absolute atomic E-state index is 0.103.